The van der Waals surface area contributed by atoms with E-state index in [1.807, 2.05) is 30.3 Å². The number of hydrogen-bond acceptors (Lipinski definition) is 4. The monoisotopic (exact) mass is 452 g/mol. The van der Waals surface area contributed by atoms with E-state index in [2.05, 4.69) is 0 Å². The molecule has 0 aromatic heterocycles. The van der Waals surface area contributed by atoms with Gasteiger partial charge in [0.05, 0.1) is 12.2 Å². The molecule has 3 aromatic rings. The van der Waals surface area contributed by atoms with Crippen molar-refractivity contribution in [2.45, 2.75) is 11.4 Å². The van der Waals surface area contributed by atoms with Gasteiger partial charge in [-0.05, 0) is 35.9 Å². The number of para-hydroxylation sites is 1. The maximum absolute atomic E-state index is 13.9. The van der Waals surface area contributed by atoms with Crippen molar-refractivity contribution in [3.05, 3.63) is 95.0 Å². The summed E-state index contributed by atoms with van der Waals surface area (Å²) in [4.78, 5) is 27.4. The Morgan fingerprint density at radius 3 is 2.23 bits per heavy atom. The number of nitrogens with zero attached hydrogens (tertiary/aromatic N) is 2. The Kier molecular flexibility index (Phi) is 4.42. The van der Waals surface area contributed by atoms with Gasteiger partial charge in [-0.1, -0.05) is 60.1 Å². The molecule has 2 heterocycles. The van der Waals surface area contributed by atoms with Crippen molar-refractivity contribution in [1.82, 2.24) is 0 Å². The molecule has 1 atom stereocenters. The highest BCUT2D eigenvalue weighted by atomic mass is 35.5. The van der Waals surface area contributed by atoms with Crippen LogP contribution in [0.15, 0.2) is 78.9 Å². The molecule has 1 fully saturated rings. The van der Waals surface area contributed by atoms with Crippen LogP contribution >= 0.6 is 11.6 Å². The van der Waals surface area contributed by atoms with Crippen molar-refractivity contribution in [3.8, 4) is 0 Å². The second kappa shape index (κ2) is 6.93. The summed E-state index contributed by atoms with van der Waals surface area (Å²) in [6, 6.07) is 22.3. The molecule has 2 aliphatic rings. The lowest BCUT2D eigenvalue weighted by Crippen LogP contribution is -2.54. The van der Waals surface area contributed by atoms with E-state index in [1.165, 1.54) is 4.90 Å². The number of rotatable bonds is 3. The van der Waals surface area contributed by atoms with Crippen molar-refractivity contribution in [3.63, 3.8) is 0 Å². The van der Waals surface area contributed by atoms with Crippen LogP contribution in [0.1, 0.15) is 11.1 Å². The van der Waals surface area contributed by atoms with E-state index in [-0.39, 0.29) is 12.1 Å². The first-order valence-corrected chi connectivity index (χ1v) is 11.7. The Bertz CT molecular complexity index is 1310. The summed E-state index contributed by atoms with van der Waals surface area (Å²) in [5.41, 5.74) is 1.92. The summed E-state index contributed by atoms with van der Waals surface area (Å²) < 4.78 is 27.0. The zero-order valence-electron chi connectivity index (χ0n) is 16.2. The molecule has 0 bridgehead atoms. The van der Waals surface area contributed by atoms with Crippen LogP contribution in [0.4, 0.5) is 11.4 Å². The first-order chi connectivity index (χ1) is 14.9. The number of benzene rings is 3. The molecule has 5 rings (SSSR count). The Labute approximate surface area is 184 Å². The van der Waals surface area contributed by atoms with Gasteiger partial charge in [0.2, 0.25) is 5.91 Å². The molecule has 0 N–H and O–H groups in total. The van der Waals surface area contributed by atoms with Gasteiger partial charge in [0.1, 0.15) is 5.75 Å². The number of carbonyl (C=O) groups is 2. The molecule has 1 saturated heterocycles. The van der Waals surface area contributed by atoms with Crippen molar-refractivity contribution in [1.29, 1.82) is 0 Å². The molecular formula is C23H17ClN2O4S. The average molecular weight is 453 g/mol. The van der Waals surface area contributed by atoms with Crippen molar-refractivity contribution >= 4 is 44.6 Å². The number of halogens is 1. The van der Waals surface area contributed by atoms with Crippen molar-refractivity contribution in [2.75, 3.05) is 15.6 Å². The average Bonchev–Trinajstić information content (AvgIpc) is 3.13. The number of sulfone groups is 1. The van der Waals surface area contributed by atoms with Crippen LogP contribution in [0.5, 0.6) is 0 Å². The number of anilines is 2. The zero-order valence-corrected chi connectivity index (χ0v) is 17.8. The summed E-state index contributed by atoms with van der Waals surface area (Å²) in [6.45, 7) is 0.191. The smallest absolute Gasteiger partial charge is 0.274 e. The van der Waals surface area contributed by atoms with Gasteiger partial charge in [-0.25, -0.2) is 8.42 Å². The van der Waals surface area contributed by atoms with Crippen LogP contribution in [0.25, 0.3) is 0 Å². The molecule has 8 heteroatoms. The lowest BCUT2D eigenvalue weighted by molar-refractivity contribution is -0.123. The number of fused-ring (bicyclic) bond motifs is 2. The van der Waals surface area contributed by atoms with Gasteiger partial charge in [0, 0.05) is 16.3 Å². The standard InChI is InChI=1S/C23H17ClN2O4S/c24-17-10-12-18(13-11-17)26-21(27)15-31(29,30)23(26)19-8-4-5-9-20(19)25(22(23)28)14-16-6-2-1-3-7-16/h1-13H,14-15H2/t23-/m0/s1. The van der Waals surface area contributed by atoms with Gasteiger partial charge in [-0.3, -0.25) is 14.5 Å². The molecule has 0 saturated carbocycles. The van der Waals surface area contributed by atoms with Gasteiger partial charge in [0.15, 0.2) is 9.84 Å². The summed E-state index contributed by atoms with van der Waals surface area (Å²) in [6.07, 6.45) is 0. The third-order valence-electron chi connectivity index (χ3n) is 5.69. The Hall–Kier alpha value is -3.16. The molecule has 0 radical (unpaired) electrons. The van der Waals surface area contributed by atoms with E-state index >= 15 is 0 Å². The normalized spacial score (nSPS) is 21.7. The highest BCUT2D eigenvalue weighted by Gasteiger charge is 2.69. The highest BCUT2D eigenvalue weighted by molar-refractivity contribution is 7.94. The fraction of sp³-hybridized carbons (Fsp3) is 0.130. The minimum Gasteiger partial charge on any atom is -0.304 e. The molecule has 3 aromatic carbocycles. The van der Waals surface area contributed by atoms with Crippen molar-refractivity contribution < 1.29 is 18.0 Å². The summed E-state index contributed by atoms with van der Waals surface area (Å²) in [7, 11) is -4.18. The van der Waals surface area contributed by atoms with Gasteiger partial charge >= 0.3 is 0 Å². The minimum absolute atomic E-state index is 0.191. The molecule has 156 valence electrons. The largest absolute Gasteiger partial charge is 0.304 e. The summed E-state index contributed by atoms with van der Waals surface area (Å²) >= 11 is 5.99. The second-order valence-electron chi connectivity index (χ2n) is 7.50. The third-order valence-corrected chi connectivity index (χ3v) is 8.05. The minimum atomic E-state index is -4.18. The predicted octanol–water partition coefficient (Wildman–Crippen LogP) is 3.50. The lowest BCUT2D eigenvalue weighted by Gasteiger charge is -2.32. The molecule has 31 heavy (non-hydrogen) atoms. The molecule has 2 amide bonds. The van der Waals surface area contributed by atoms with Crippen LogP contribution in [-0.2, 0) is 30.8 Å². The van der Waals surface area contributed by atoms with Crippen LogP contribution in [0.3, 0.4) is 0 Å². The topological polar surface area (TPSA) is 74.8 Å². The van der Waals surface area contributed by atoms with Gasteiger partial charge in [0.25, 0.3) is 10.8 Å². The highest BCUT2D eigenvalue weighted by Crippen LogP contribution is 2.52. The summed E-state index contributed by atoms with van der Waals surface area (Å²) in [5.74, 6) is -2.04. The van der Waals surface area contributed by atoms with E-state index < -0.39 is 32.3 Å². The van der Waals surface area contributed by atoms with E-state index in [1.54, 1.807) is 48.5 Å². The Balaban J connectivity index is 1.75. The molecule has 2 aliphatic heterocycles. The predicted molar refractivity (Wildman–Crippen MR) is 118 cm³/mol. The van der Waals surface area contributed by atoms with Crippen LogP contribution in [0, 0.1) is 0 Å². The van der Waals surface area contributed by atoms with Gasteiger partial charge < -0.3 is 4.90 Å². The third kappa shape index (κ3) is 2.73. The van der Waals surface area contributed by atoms with E-state index in [0.717, 1.165) is 10.5 Å². The zero-order chi connectivity index (χ0) is 21.8. The number of carbonyl (C=O) groups excluding carboxylic acids is 2. The fourth-order valence-corrected chi connectivity index (χ4v) is 6.56. The summed E-state index contributed by atoms with van der Waals surface area (Å²) in [5, 5.41) is 0.441. The van der Waals surface area contributed by atoms with Crippen LogP contribution < -0.4 is 9.80 Å². The van der Waals surface area contributed by atoms with Gasteiger partial charge in [-0.2, -0.15) is 0 Å². The van der Waals surface area contributed by atoms with E-state index in [0.29, 0.717) is 16.4 Å². The van der Waals surface area contributed by atoms with E-state index in [4.69, 9.17) is 11.6 Å². The first-order valence-electron chi connectivity index (χ1n) is 9.62. The Morgan fingerprint density at radius 1 is 0.871 bits per heavy atom. The molecule has 6 nitrogen and oxygen atoms in total. The quantitative estimate of drug-likeness (QED) is 0.609. The first kappa shape index (κ1) is 19.8. The van der Waals surface area contributed by atoms with E-state index in [9.17, 15) is 18.0 Å². The molecule has 0 aliphatic carbocycles. The number of hydrogen-bond donors (Lipinski definition) is 0. The Morgan fingerprint density at radius 2 is 1.52 bits per heavy atom. The number of amides is 2. The molecule has 1 spiro atoms. The van der Waals surface area contributed by atoms with Crippen LogP contribution in [-0.4, -0.2) is 26.0 Å². The van der Waals surface area contributed by atoms with Crippen LogP contribution in [0.2, 0.25) is 5.02 Å². The molecule has 0 unspecified atom stereocenters. The van der Waals surface area contributed by atoms with Gasteiger partial charge in [-0.15, -0.1) is 0 Å². The fourth-order valence-electron chi connectivity index (χ4n) is 4.40. The molecular weight excluding hydrogens is 436 g/mol. The SMILES string of the molecule is O=C1CS(=O)(=O)[C@@]2(C(=O)N(Cc3ccccc3)c3ccccc32)N1c1ccc(Cl)cc1. The maximum atomic E-state index is 13.9. The second-order valence-corrected chi connectivity index (χ2v) is 10.0. The maximum Gasteiger partial charge on any atom is 0.274 e. The van der Waals surface area contributed by atoms with Crippen molar-refractivity contribution in [2.24, 2.45) is 0 Å². The lowest BCUT2D eigenvalue weighted by atomic mass is 10.0.